The van der Waals surface area contributed by atoms with Crippen LogP contribution in [-0.4, -0.2) is 34.3 Å². The highest BCUT2D eigenvalue weighted by molar-refractivity contribution is 14.0. The smallest absolute Gasteiger partial charge is 0.191 e. The fourth-order valence-corrected chi connectivity index (χ4v) is 3.74. The molecule has 1 aromatic carbocycles. The number of benzene rings is 1. The highest BCUT2D eigenvalue weighted by atomic mass is 127. The minimum absolute atomic E-state index is 0. The van der Waals surface area contributed by atoms with Gasteiger partial charge in [-0.2, -0.15) is 5.10 Å². The van der Waals surface area contributed by atoms with Crippen LogP contribution < -0.4 is 10.6 Å². The van der Waals surface area contributed by atoms with Crippen LogP contribution in [-0.2, 0) is 19.0 Å². The lowest BCUT2D eigenvalue weighted by Crippen LogP contribution is -2.44. The molecule has 142 valence electrons. The second-order valence-electron chi connectivity index (χ2n) is 6.58. The molecule has 0 radical (unpaired) electrons. The zero-order valence-electron chi connectivity index (χ0n) is 15.2. The number of aryl methyl sites for hydroxylation is 1. The van der Waals surface area contributed by atoms with E-state index in [1.165, 1.54) is 31.2 Å². The predicted octanol–water partition coefficient (Wildman–Crippen LogP) is 3.26. The number of aliphatic imine (C=N–C) groups is 1. The lowest BCUT2D eigenvalue weighted by Gasteiger charge is -2.31. The molecule has 0 saturated heterocycles. The number of hydrogen-bond acceptors (Lipinski definition) is 3. The first-order chi connectivity index (χ1) is 12.1. The van der Waals surface area contributed by atoms with E-state index in [2.05, 4.69) is 37.8 Å². The van der Waals surface area contributed by atoms with Gasteiger partial charge in [-0.1, -0.05) is 36.6 Å². The Kier molecular flexibility index (Phi) is 7.69. The summed E-state index contributed by atoms with van der Waals surface area (Å²) < 4.78 is 1.75. The molecule has 26 heavy (non-hydrogen) atoms. The Morgan fingerprint density at radius 2 is 2.08 bits per heavy atom. The summed E-state index contributed by atoms with van der Waals surface area (Å²) in [7, 11) is 3.67. The summed E-state index contributed by atoms with van der Waals surface area (Å²) in [5, 5.41) is 11.7. The highest BCUT2D eigenvalue weighted by Crippen LogP contribution is 2.41. The van der Waals surface area contributed by atoms with Crippen LogP contribution >= 0.6 is 35.6 Å². The summed E-state index contributed by atoms with van der Waals surface area (Å²) in [5.74, 6) is 1.64. The largest absolute Gasteiger partial charge is 0.356 e. The van der Waals surface area contributed by atoms with E-state index in [1.807, 2.05) is 19.2 Å². The predicted molar refractivity (Wildman–Crippen MR) is 116 cm³/mol. The average molecular weight is 489 g/mol. The molecule has 0 bridgehead atoms. The third kappa shape index (κ3) is 4.88. The van der Waals surface area contributed by atoms with Gasteiger partial charge in [-0.15, -0.1) is 24.0 Å². The van der Waals surface area contributed by atoms with E-state index in [-0.39, 0.29) is 29.4 Å². The number of rotatable bonds is 5. The van der Waals surface area contributed by atoms with Gasteiger partial charge >= 0.3 is 0 Å². The van der Waals surface area contributed by atoms with Gasteiger partial charge in [0.25, 0.3) is 0 Å². The molecule has 1 aliphatic carbocycles. The lowest BCUT2D eigenvalue weighted by atomic mass is 9.79. The summed E-state index contributed by atoms with van der Waals surface area (Å²) in [6, 6.07) is 8.26. The minimum atomic E-state index is 0. The molecule has 0 spiro atoms. The number of nitrogens with one attached hydrogen (secondary N) is 2. The summed E-state index contributed by atoms with van der Waals surface area (Å²) in [5.41, 5.74) is 1.43. The van der Waals surface area contributed by atoms with Gasteiger partial charge in [-0.05, 0) is 30.5 Å². The van der Waals surface area contributed by atoms with E-state index in [0.717, 1.165) is 23.4 Å². The third-order valence-electron chi connectivity index (χ3n) is 5.03. The first kappa shape index (κ1) is 21.0. The lowest BCUT2D eigenvalue weighted by molar-refractivity contribution is 0.431. The van der Waals surface area contributed by atoms with Crippen molar-refractivity contribution in [3.05, 3.63) is 47.0 Å². The quantitative estimate of drug-likeness (QED) is 0.385. The second-order valence-corrected chi connectivity index (χ2v) is 7.01. The zero-order chi connectivity index (χ0) is 17.7. The Morgan fingerprint density at radius 3 is 2.69 bits per heavy atom. The number of halogens is 2. The van der Waals surface area contributed by atoms with Crippen LogP contribution in [0.15, 0.2) is 35.6 Å². The molecule has 6 nitrogen and oxygen atoms in total. The molecule has 3 rings (SSSR count). The van der Waals surface area contributed by atoms with Gasteiger partial charge < -0.3 is 10.6 Å². The fourth-order valence-electron chi connectivity index (χ4n) is 3.55. The fraction of sp³-hybridized carbons (Fsp3) is 0.500. The van der Waals surface area contributed by atoms with E-state index in [9.17, 15) is 0 Å². The molecule has 1 aliphatic rings. The van der Waals surface area contributed by atoms with Gasteiger partial charge in [0.1, 0.15) is 12.2 Å². The second kappa shape index (κ2) is 9.55. The van der Waals surface area contributed by atoms with Crippen molar-refractivity contribution in [2.24, 2.45) is 12.0 Å². The molecule has 8 heteroatoms. The van der Waals surface area contributed by atoms with Gasteiger partial charge in [-0.25, -0.2) is 4.98 Å². The maximum atomic E-state index is 6.23. The molecule has 2 N–H and O–H groups in total. The van der Waals surface area contributed by atoms with Crippen molar-refractivity contribution < 1.29 is 0 Å². The van der Waals surface area contributed by atoms with E-state index in [4.69, 9.17) is 11.6 Å². The molecule has 0 atom stereocenters. The van der Waals surface area contributed by atoms with Crippen molar-refractivity contribution >= 4 is 41.5 Å². The standard InChI is InChI=1S/C18H25ClN6.HI/c1-20-17(21-11-16-23-13-24-25(16)2)22-12-18(8-3-4-9-18)14-6-5-7-15(19)10-14;/h5-7,10,13H,3-4,8-9,11-12H2,1-2H3,(H2,20,21,22);1H. The van der Waals surface area contributed by atoms with Gasteiger partial charge in [0.05, 0.1) is 6.54 Å². The van der Waals surface area contributed by atoms with Crippen LogP contribution in [0.5, 0.6) is 0 Å². The molecule has 0 amide bonds. The Bertz CT molecular complexity index is 739. The minimum Gasteiger partial charge on any atom is -0.356 e. The van der Waals surface area contributed by atoms with Crippen molar-refractivity contribution in [3.63, 3.8) is 0 Å². The molecule has 0 unspecified atom stereocenters. The number of nitrogens with zero attached hydrogens (tertiary/aromatic N) is 4. The topological polar surface area (TPSA) is 67.1 Å². The summed E-state index contributed by atoms with van der Waals surface area (Å²) in [4.78, 5) is 8.55. The number of guanidine groups is 1. The first-order valence-corrected chi connectivity index (χ1v) is 9.04. The molecule has 0 aliphatic heterocycles. The van der Waals surface area contributed by atoms with Crippen LogP contribution in [0.4, 0.5) is 0 Å². The van der Waals surface area contributed by atoms with Crippen molar-refractivity contribution in [2.75, 3.05) is 13.6 Å². The molecule has 1 fully saturated rings. The first-order valence-electron chi connectivity index (χ1n) is 8.66. The third-order valence-corrected chi connectivity index (χ3v) is 5.27. The Hall–Kier alpha value is -1.35. The van der Waals surface area contributed by atoms with Gasteiger partial charge in [0.2, 0.25) is 0 Å². The van der Waals surface area contributed by atoms with Crippen LogP contribution in [0.3, 0.4) is 0 Å². The molecular formula is C18H26ClIN6. The average Bonchev–Trinajstić information content (AvgIpc) is 3.25. The van der Waals surface area contributed by atoms with Gasteiger partial charge in [0.15, 0.2) is 5.96 Å². The highest BCUT2D eigenvalue weighted by Gasteiger charge is 2.35. The van der Waals surface area contributed by atoms with E-state index in [0.29, 0.717) is 6.54 Å². The summed E-state index contributed by atoms with van der Waals surface area (Å²) >= 11 is 6.23. The van der Waals surface area contributed by atoms with Crippen LogP contribution in [0.1, 0.15) is 37.1 Å². The van der Waals surface area contributed by atoms with E-state index < -0.39 is 0 Å². The van der Waals surface area contributed by atoms with Gasteiger partial charge in [-0.3, -0.25) is 9.67 Å². The summed E-state index contributed by atoms with van der Waals surface area (Å²) in [6.45, 7) is 1.42. The van der Waals surface area contributed by atoms with Gasteiger partial charge in [0, 0.05) is 31.1 Å². The summed E-state index contributed by atoms with van der Waals surface area (Å²) in [6.07, 6.45) is 6.39. The normalized spacial score (nSPS) is 16.2. The number of hydrogen-bond donors (Lipinski definition) is 2. The maximum Gasteiger partial charge on any atom is 0.191 e. The monoisotopic (exact) mass is 488 g/mol. The van der Waals surface area contributed by atoms with E-state index >= 15 is 0 Å². The Labute approximate surface area is 176 Å². The van der Waals surface area contributed by atoms with Crippen LogP contribution in [0, 0.1) is 0 Å². The molecule has 2 aromatic rings. The van der Waals surface area contributed by atoms with Crippen molar-refractivity contribution in [1.29, 1.82) is 0 Å². The van der Waals surface area contributed by atoms with Crippen molar-refractivity contribution in [1.82, 2.24) is 25.4 Å². The van der Waals surface area contributed by atoms with Crippen molar-refractivity contribution in [2.45, 2.75) is 37.6 Å². The molecule has 1 heterocycles. The molecule has 1 saturated carbocycles. The maximum absolute atomic E-state index is 6.23. The Morgan fingerprint density at radius 1 is 1.31 bits per heavy atom. The SMILES string of the molecule is CN=C(NCc1ncnn1C)NCC1(c2cccc(Cl)c2)CCCC1.I. The zero-order valence-corrected chi connectivity index (χ0v) is 18.3. The Balaban J connectivity index is 0.00000243. The van der Waals surface area contributed by atoms with Crippen LogP contribution in [0.2, 0.25) is 5.02 Å². The van der Waals surface area contributed by atoms with Crippen molar-refractivity contribution in [3.8, 4) is 0 Å². The van der Waals surface area contributed by atoms with E-state index in [1.54, 1.807) is 18.1 Å². The number of aromatic nitrogens is 3. The molecular weight excluding hydrogens is 463 g/mol. The molecule has 1 aromatic heterocycles. The van der Waals surface area contributed by atoms with Crippen LogP contribution in [0.25, 0.3) is 0 Å².